The van der Waals surface area contributed by atoms with Crippen molar-refractivity contribution in [1.29, 1.82) is 5.26 Å². The van der Waals surface area contributed by atoms with Crippen LogP contribution in [0.1, 0.15) is 5.56 Å². The number of thioether (sulfide) groups is 1. The minimum atomic E-state index is -4.86. The molecule has 0 aromatic heterocycles. The molecule has 4 rings (SSSR count). The fourth-order valence-corrected chi connectivity index (χ4v) is 4.78. The lowest BCUT2D eigenvalue weighted by Gasteiger charge is -2.45. The van der Waals surface area contributed by atoms with Crippen LogP contribution in [0.4, 0.5) is 18.9 Å². The normalized spacial score (nSPS) is 19.2. The molecule has 178 valence electrons. The quantitative estimate of drug-likeness (QED) is 0.476. The van der Waals surface area contributed by atoms with Crippen LogP contribution in [-0.2, 0) is 10.5 Å². The van der Waals surface area contributed by atoms with Gasteiger partial charge in [-0.15, -0.1) is 0 Å². The summed E-state index contributed by atoms with van der Waals surface area (Å²) < 4.78 is 44.4. The summed E-state index contributed by atoms with van der Waals surface area (Å²) >= 11 is 12.6. The van der Waals surface area contributed by atoms with E-state index < -0.39 is 17.7 Å². The van der Waals surface area contributed by atoms with Crippen LogP contribution in [0.3, 0.4) is 0 Å². The largest absolute Gasteiger partial charge is 0.437 e. The molecule has 2 heterocycles. The molecule has 2 aromatic carbocycles. The average molecular weight is 535 g/mol. The number of hydrogen-bond donors (Lipinski definition) is 1. The lowest BCUT2D eigenvalue weighted by Crippen LogP contribution is -2.55. The molecule has 0 bridgehead atoms. The van der Waals surface area contributed by atoms with Gasteiger partial charge < -0.3 is 10.2 Å². The van der Waals surface area contributed by atoms with E-state index in [2.05, 4.69) is 10.3 Å². The van der Waals surface area contributed by atoms with Crippen LogP contribution in [0.5, 0.6) is 0 Å². The summed E-state index contributed by atoms with van der Waals surface area (Å²) in [6.07, 6.45) is 0.798. The van der Waals surface area contributed by atoms with Gasteiger partial charge in [-0.1, -0.05) is 71.4 Å². The van der Waals surface area contributed by atoms with Crippen LogP contribution >= 0.6 is 35.0 Å². The number of carbonyl (C=O) groups excluding carboxylic acids is 1. The molecule has 2 aliphatic rings. The Balaban J connectivity index is 1.72. The van der Waals surface area contributed by atoms with Crippen molar-refractivity contribution >= 4 is 51.6 Å². The number of nitrogens with zero attached hydrogens (tertiary/aromatic N) is 3. The Labute approximate surface area is 213 Å². The number of amides is 1. The predicted octanol–water partition coefficient (Wildman–Crippen LogP) is 6.66. The minimum Gasteiger partial charge on any atom is -0.325 e. The second-order valence-electron chi connectivity index (χ2n) is 7.36. The van der Waals surface area contributed by atoms with Gasteiger partial charge in [0.1, 0.15) is 16.7 Å². The summed E-state index contributed by atoms with van der Waals surface area (Å²) in [5.74, 6) is -0.808. The SMILES string of the molecule is N#CC1=C2C=CC=CN2C(c2ccccc2)(C(F)(F)F)N=C1SCC(=O)Nc1ccc(Cl)c(Cl)c1. The number of halogens is 5. The molecule has 5 nitrogen and oxygen atoms in total. The van der Waals surface area contributed by atoms with Gasteiger partial charge in [0.2, 0.25) is 5.91 Å². The van der Waals surface area contributed by atoms with Gasteiger partial charge in [-0.05, 0) is 30.4 Å². The third-order valence-corrected chi connectivity index (χ3v) is 6.88. The first kappa shape index (κ1) is 24.9. The highest BCUT2D eigenvalue weighted by atomic mass is 35.5. The average Bonchev–Trinajstić information content (AvgIpc) is 2.84. The number of nitriles is 1. The summed E-state index contributed by atoms with van der Waals surface area (Å²) in [6.45, 7) is 0. The third kappa shape index (κ3) is 4.69. The molecular formula is C24H15Cl2F3N4OS. The number of fused-ring (bicyclic) bond motifs is 1. The first-order valence-electron chi connectivity index (χ1n) is 10.1. The Hall–Kier alpha value is -3.19. The molecule has 0 radical (unpaired) electrons. The van der Waals surface area contributed by atoms with Crippen molar-refractivity contribution in [1.82, 2.24) is 4.90 Å². The molecule has 0 saturated heterocycles. The van der Waals surface area contributed by atoms with E-state index in [9.17, 15) is 23.2 Å². The van der Waals surface area contributed by atoms with Crippen LogP contribution in [0.25, 0.3) is 0 Å². The van der Waals surface area contributed by atoms with Crippen molar-refractivity contribution in [2.24, 2.45) is 4.99 Å². The van der Waals surface area contributed by atoms with E-state index in [4.69, 9.17) is 23.2 Å². The summed E-state index contributed by atoms with van der Waals surface area (Å²) in [4.78, 5) is 17.6. The summed E-state index contributed by atoms with van der Waals surface area (Å²) in [5.41, 5.74) is -2.59. The topological polar surface area (TPSA) is 68.5 Å². The van der Waals surface area contributed by atoms with Gasteiger partial charge in [0, 0.05) is 17.5 Å². The van der Waals surface area contributed by atoms with Gasteiger partial charge in [-0.25, -0.2) is 4.99 Å². The number of aliphatic imine (C=N–C) groups is 1. The highest BCUT2D eigenvalue weighted by Crippen LogP contribution is 2.51. The molecule has 1 unspecified atom stereocenters. The molecule has 1 amide bonds. The molecule has 1 N–H and O–H groups in total. The Bertz CT molecular complexity index is 1330. The van der Waals surface area contributed by atoms with Crippen molar-refractivity contribution in [3.8, 4) is 6.07 Å². The van der Waals surface area contributed by atoms with Gasteiger partial charge in [0.15, 0.2) is 0 Å². The number of allylic oxidation sites excluding steroid dienone is 3. The zero-order valence-electron chi connectivity index (χ0n) is 17.7. The van der Waals surface area contributed by atoms with E-state index in [-0.39, 0.29) is 32.7 Å². The van der Waals surface area contributed by atoms with Crippen LogP contribution < -0.4 is 5.32 Å². The van der Waals surface area contributed by atoms with Crippen LogP contribution in [0, 0.1) is 11.3 Å². The van der Waals surface area contributed by atoms with Crippen LogP contribution in [-0.4, -0.2) is 27.8 Å². The van der Waals surface area contributed by atoms with Crippen molar-refractivity contribution < 1.29 is 18.0 Å². The number of benzene rings is 2. The summed E-state index contributed by atoms with van der Waals surface area (Å²) in [6, 6.07) is 13.7. The molecule has 0 spiro atoms. The lowest BCUT2D eigenvalue weighted by atomic mass is 9.93. The van der Waals surface area contributed by atoms with E-state index in [0.717, 1.165) is 16.7 Å². The molecule has 0 saturated carbocycles. The first-order valence-corrected chi connectivity index (χ1v) is 11.8. The van der Waals surface area contributed by atoms with E-state index in [1.807, 2.05) is 6.07 Å². The minimum absolute atomic E-state index is 0.0403. The number of carbonyl (C=O) groups is 1. The van der Waals surface area contributed by atoms with Crippen molar-refractivity contribution in [3.63, 3.8) is 0 Å². The molecule has 35 heavy (non-hydrogen) atoms. The van der Waals surface area contributed by atoms with Gasteiger partial charge in [-0.2, -0.15) is 18.4 Å². The smallest absolute Gasteiger partial charge is 0.325 e. The summed E-state index contributed by atoms with van der Waals surface area (Å²) in [5, 5.41) is 12.8. The predicted molar refractivity (Wildman–Crippen MR) is 132 cm³/mol. The lowest BCUT2D eigenvalue weighted by molar-refractivity contribution is -0.222. The molecular weight excluding hydrogens is 520 g/mol. The first-order chi connectivity index (χ1) is 16.7. The number of hydrogen-bond acceptors (Lipinski definition) is 5. The van der Waals surface area contributed by atoms with Crippen LogP contribution in [0.15, 0.2) is 89.2 Å². The molecule has 2 aromatic rings. The maximum absolute atomic E-state index is 14.8. The van der Waals surface area contributed by atoms with Gasteiger partial charge in [0.25, 0.3) is 5.66 Å². The second kappa shape index (κ2) is 9.82. The van der Waals surface area contributed by atoms with Gasteiger partial charge >= 0.3 is 6.18 Å². The van der Waals surface area contributed by atoms with Crippen molar-refractivity contribution in [2.75, 3.05) is 11.1 Å². The molecule has 2 aliphatic heterocycles. The van der Waals surface area contributed by atoms with E-state index in [1.54, 1.807) is 18.2 Å². The third-order valence-electron chi connectivity index (χ3n) is 5.17. The Morgan fingerprint density at radius 1 is 1.14 bits per heavy atom. The van der Waals surface area contributed by atoms with E-state index in [0.29, 0.717) is 10.7 Å². The number of rotatable bonds is 4. The molecule has 1 atom stereocenters. The summed E-state index contributed by atoms with van der Waals surface area (Å²) in [7, 11) is 0. The molecule has 0 fully saturated rings. The standard InChI is InChI=1S/C24H15Cl2F3N4OS/c25-18-10-9-16(12-19(18)26)31-21(34)14-35-22-17(13-30)20-8-4-5-11-33(20)23(32-22,24(27,28)29)15-6-2-1-3-7-15/h1-12H,14H2,(H,31,34). The molecule has 11 heteroatoms. The Morgan fingerprint density at radius 2 is 1.89 bits per heavy atom. The number of nitrogens with one attached hydrogen (secondary N) is 1. The fourth-order valence-electron chi connectivity index (χ4n) is 3.65. The van der Waals surface area contributed by atoms with E-state index >= 15 is 0 Å². The second-order valence-corrected chi connectivity index (χ2v) is 9.14. The van der Waals surface area contributed by atoms with Gasteiger partial charge in [0.05, 0.1) is 21.5 Å². The van der Waals surface area contributed by atoms with Crippen molar-refractivity contribution in [2.45, 2.75) is 11.8 Å². The maximum atomic E-state index is 14.8. The van der Waals surface area contributed by atoms with Crippen LogP contribution in [0.2, 0.25) is 10.0 Å². The highest BCUT2D eigenvalue weighted by molar-refractivity contribution is 8.15. The highest BCUT2D eigenvalue weighted by Gasteiger charge is 2.62. The van der Waals surface area contributed by atoms with Gasteiger partial charge in [-0.3, -0.25) is 4.79 Å². The Kier molecular flexibility index (Phi) is 6.99. The number of alkyl halides is 3. The number of anilines is 1. The monoisotopic (exact) mass is 534 g/mol. The maximum Gasteiger partial charge on any atom is 0.437 e. The zero-order valence-corrected chi connectivity index (χ0v) is 20.0. The van der Waals surface area contributed by atoms with Crippen molar-refractivity contribution in [3.05, 3.63) is 99.8 Å². The van der Waals surface area contributed by atoms with E-state index in [1.165, 1.54) is 54.8 Å². The molecule has 0 aliphatic carbocycles. The Morgan fingerprint density at radius 3 is 2.54 bits per heavy atom. The fraction of sp³-hybridized carbons (Fsp3) is 0.125. The zero-order chi connectivity index (χ0) is 25.2.